The second-order valence-corrected chi connectivity index (χ2v) is 8.05. The van der Waals surface area contributed by atoms with Crippen LogP contribution < -0.4 is 10.2 Å². The molecule has 3 amide bonds. The van der Waals surface area contributed by atoms with E-state index in [1.165, 1.54) is 0 Å². The summed E-state index contributed by atoms with van der Waals surface area (Å²) in [5.41, 5.74) is 4.01. The molecule has 4 rings (SSSR count). The predicted molar refractivity (Wildman–Crippen MR) is 121 cm³/mol. The minimum Gasteiger partial charge on any atom is -0.325 e. The number of carbonyl (C=O) groups excluding carboxylic acids is 3. The van der Waals surface area contributed by atoms with Crippen LogP contribution >= 0.6 is 0 Å². The molecule has 5 nitrogen and oxygen atoms in total. The number of carbonyl (C=O) groups is 3. The topological polar surface area (TPSA) is 66.5 Å². The number of nitrogens with one attached hydrogen (secondary N) is 1. The smallest absolute Gasteiger partial charge is 0.265 e. The number of rotatable bonds is 4. The van der Waals surface area contributed by atoms with Crippen molar-refractivity contribution >= 4 is 29.1 Å². The Morgan fingerprint density at radius 3 is 2.29 bits per heavy atom. The van der Waals surface area contributed by atoms with Gasteiger partial charge in [0.15, 0.2) is 0 Å². The van der Waals surface area contributed by atoms with E-state index in [-0.39, 0.29) is 0 Å². The van der Waals surface area contributed by atoms with Gasteiger partial charge in [-0.1, -0.05) is 56.3 Å². The molecule has 1 N–H and O–H groups in total. The van der Waals surface area contributed by atoms with Crippen LogP contribution in [-0.4, -0.2) is 17.7 Å². The first-order valence-electron chi connectivity index (χ1n) is 10.3. The molecule has 0 aliphatic carbocycles. The first-order chi connectivity index (χ1) is 14.9. The number of amides is 3. The first kappa shape index (κ1) is 20.5. The third-order valence-corrected chi connectivity index (χ3v) is 5.61. The number of hydrogen-bond acceptors (Lipinski definition) is 3. The molecule has 0 saturated heterocycles. The van der Waals surface area contributed by atoms with Crippen molar-refractivity contribution in [2.45, 2.75) is 32.6 Å². The molecular formula is C26H24N2O3. The lowest BCUT2D eigenvalue weighted by Crippen LogP contribution is -2.48. The van der Waals surface area contributed by atoms with Gasteiger partial charge in [0.05, 0.1) is 5.69 Å². The van der Waals surface area contributed by atoms with Gasteiger partial charge < -0.3 is 5.32 Å². The highest BCUT2D eigenvalue weighted by Crippen LogP contribution is 2.35. The van der Waals surface area contributed by atoms with Gasteiger partial charge in [-0.15, -0.1) is 0 Å². The van der Waals surface area contributed by atoms with E-state index in [0.29, 0.717) is 28.4 Å². The molecule has 1 aliphatic rings. The normalized spacial score (nSPS) is 15.7. The Labute approximate surface area is 181 Å². The second-order valence-electron chi connectivity index (χ2n) is 8.05. The fourth-order valence-corrected chi connectivity index (χ4v) is 4.11. The van der Waals surface area contributed by atoms with E-state index in [2.05, 4.69) is 19.2 Å². The molecular weight excluding hydrogens is 388 g/mol. The van der Waals surface area contributed by atoms with Gasteiger partial charge in [0.2, 0.25) is 5.91 Å². The van der Waals surface area contributed by atoms with Crippen molar-refractivity contribution in [2.24, 2.45) is 0 Å². The van der Waals surface area contributed by atoms with E-state index >= 15 is 0 Å². The SMILES string of the molecule is Cc1cc(N2C(=O)c3ccccc3C(C(=O)Nc3ccccc3)C2=O)ccc1C(C)C. The average Bonchev–Trinajstić information content (AvgIpc) is 2.74. The third-order valence-electron chi connectivity index (χ3n) is 5.61. The van der Waals surface area contributed by atoms with Crippen LogP contribution in [0, 0.1) is 6.92 Å². The van der Waals surface area contributed by atoms with Gasteiger partial charge in [0.25, 0.3) is 11.8 Å². The molecule has 0 radical (unpaired) electrons. The van der Waals surface area contributed by atoms with Crippen molar-refractivity contribution in [2.75, 3.05) is 10.2 Å². The Morgan fingerprint density at radius 1 is 0.935 bits per heavy atom. The number of imide groups is 1. The molecule has 0 fully saturated rings. The summed E-state index contributed by atoms with van der Waals surface area (Å²) in [5, 5.41) is 2.81. The van der Waals surface area contributed by atoms with Crippen LogP contribution in [0.25, 0.3) is 0 Å². The number of para-hydroxylation sites is 1. The van der Waals surface area contributed by atoms with Crippen LogP contribution in [0.1, 0.15) is 52.7 Å². The van der Waals surface area contributed by atoms with Crippen molar-refractivity contribution in [3.05, 3.63) is 95.1 Å². The molecule has 5 heteroatoms. The van der Waals surface area contributed by atoms with E-state index < -0.39 is 23.6 Å². The lowest BCUT2D eigenvalue weighted by Gasteiger charge is -2.32. The third kappa shape index (κ3) is 3.75. The summed E-state index contributed by atoms with van der Waals surface area (Å²) in [6.07, 6.45) is 0. The molecule has 1 aliphatic heterocycles. The van der Waals surface area contributed by atoms with Gasteiger partial charge in [-0.2, -0.15) is 0 Å². The summed E-state index contributed by atoms with van der Waals surface area (Å²) < 4.78 is 0. The lowest BCUT2D eigenvalue weighted by atomic mass is 9.87. The summed E-state index contributed by atoms with van der Waals surface area (Å²) in [7, 11) is 0. The maximum absolute atomic E-state index is 13.5. The van der Waals surface area contributed by atoms with Gasteiger partial charge in [-0.05, 0) is 59.9 Å². The Bertz CT molecular complexity index is 1170. The molecule has 31 heavy (non-hydrogen) atoms. The molecule has 0 bridgehead atoms. The zero-order valence-electron chi connectivity index (χ0n) is 17.8. The summed E-state index contributed by atoms with van der Waals surface area (Å²) in [6, 6.07) is 21.3. The molecule has 156 valence electrons. The first-order valence-corrected chi connectivity index (χ1v) is 10.3. The van der Waals surface area contributed by atoms with Gasteiger partial charge in [0, 0.05) is 11.3 Å². The van der Waals surface area contributed by atoms with E-state index in [4.69, 9.17) is 0 Å². The van der Waals surface area contributed by atoms with Gasteiger partial charge in [-0.25, -0.2) is 4.90 Å². The van der Waals surface area contributed by atoms with Gasteiger partial charge in [-0.3, -0.25) is 14.4 Å². The van der Waals surface area contributed by atoms with Crippen molar-refractivity contribution in [1.82, 2.24) is 0 Å². The molecule has 1 unspecified atom stereocenters. The van der Waals surface area contributed by atoms with Crippen molar-refractivity contribution < 1.29 is 14.4 Å². The molecule has 3 aromatic rings. The van der Waals surface area contributed by atoms with E-state index in [0.717, 1.165) is 16.0 Å². The van der Waals surface area contributed by atoms with E-state index in [1.54, 1.807) is 54.6 Å². The number of nitrogens with zero attached hydrogens (tertiary/aromatic N) is 1. The van der Waals surface area contributed by atoms with Crippen LogP contribution in [0.2, 0.25) is 0 Å². The number of aryl methyl sites for hydroxylation is 1. The Morgan fingerprint density at radius 2 is 1.61 bits per heavy atom. The summed E-state index contributed by atoms with van der Waals surface area (Å²) in [6.45, 7) is 6.16. The fourth-order valence-electron chi connectivity index (χ4n) is 4.11. The van der Waals surface area contributed by atoms with Gasteiger partial charge in [0.1, 0.15) is 5.92 Å². The second kappa shape index (κ2) is 8.19. The van der Waals surface area contributed by atoms with Crippen LogP contribution in [-0.2, 0) is 9.59 Å². The fraction of sp³-hybridized carbons (Fsp3) is 0.192. The number of benzene rings is 3. The Kier molecular flexibility index (Phi) is 5.42. The largest absolute Gasteiger partial charge is 0.325 e. The zero-order valence-corrected chi connectivity index (χ0v) is 17.8. The summed E-state index contributed by atoms with van der Waals surface area (Å²) in [4.78, 5) is 41.1. The number of hydrogen-bond donors (Lipinski definition) is 1. The van der Waals surface area contributed by atoms with Crippen LogP contribution in [0.4, 0.5) is 11.4 Å². The minimum atomic E-state index is -1.11. The Balaban J connectivity index is 1.77. The lowest BCUT2D eigenvalue weighted by molar-refractivity contribution is -0.127. The standard InChI is InChI=1S/C26H24N2O3/c1-16(2)20-14-13-19(15-17(20)3)28-25(30)22-12-8-7-11-21(22)23(26(28)31)24(29)27-18-9-5-4-6-10-18/h4-16,23H,1-3H3,(H,27,29). The van der Waals surface area contributed by atoms with Crippen LogP contribution in [0.15, 0.2) is 72.8 Å². The summed E-state index contributed by atoms with van der Waals surface area (Å²) in [5.74, 6) is -2.21. The Hall–Kier alpha value is -3.73. The number of anilines is 2. The van der Waals surface area contributed by atoms with E-state index in [1.807, 2.05) is 25.1 Å². The van der Waals surface area contributed by atoms with Crippen molar-refractivity contribution in [1.29, 1.82) is 0 Å². The van der Waals surface area contributed by atoms with Crippen LogP contribution in [0.5, 0.6) is 0 Å². The minimum absolute atomic E-state index is 0.326. The molecule has 0 aromatic heterocycles. The average molecular weight is 412 g/mol. The van der Waals surface area contributed by atoms with Crippen molar-refractivity contribution in [3.63, 3.8) is 0 Å². The van der Waals surface area contributed by atoms with Gasteiger partial charge >= 0.3 is 0 Å². The maximum atomic E-state index is 13.5. The molecule has 0 spiro atoms. The van der Waals surface area contributed by atoms with Crippen LogP contribution in [0.3, 0.4) is 0 Å². The molecule has 1 heterocycles. The van der Waals surface area contributed by atoms with Crippen molar-refractivity contribution in [3.8, 4) is 0 Å². The maximum Gasteiger partial charge on any atom is 0.265 e. The highest BCUT2D eigenvalue weighted by molar-refractivity contribution is 6.31. The number of fused-ring (bicyclic) bond motifs is 1. The monoisotopic (exact) mass is 412 g/mol. The highest BCUT2D eigenvalue weighted by Gasteiger charge is 2.43. The molecule has 1 atom stereocenters. The molecule has 0 saturated carbocycles. The molecule has 3 aromatic carbocycles. The quantitative estimate of drug-likeness (QED) is 0.483. The highest BCUT2D eigenvalue weighted by atomic mass is 16.2. The summed E-state index contributed by atoms with van der Waals surface area (Å²) >= 11 is 0. The van der Waals surface area contributed by atoms with E-state index in [9.17, 15) is 14.4 Å². The zero-order chi connectivity index (χ0) is 22.1. The predicted octanol–water partition coefficient (Wildman–Crippen LogP) is 5.03.